The van der Waals surface area contributed by atoms with Gasteiger partial charge in [0, 0.05) is 23.5 Å². The third-order valence-corrected chi connectivity index (χ3v) is 6.94. The van der Waals surface area contributed by atoms with Crippen LogP contribution < -0.4 is 5.43 Å². The van der Waals surface area contributed by atoms with E-state index in [4.69, 9.17) is 0 Å². The molecule has 1 aliphatic heterocycles. The lowest BCUT2D eigenvalue weighted by molar-refractivity contribution is 0.0955. The number of nitrogens with one attached hydrogen (secondary N) is 1. The van der Waals surface area contributed by atoms with Gasteiger partial charge >= 0.3 is 0 Å². The summed E-state index contributed by atoms with van der Waals surface area (Å²) in [6.07, 6.45) is 5.49. The molecule has 2 aromatic rings. The lowest BCUT2D eigenvalue weighted by Crippen LogP contribution is -2.32. The Morgan fingerprint density at radius 2 is 1.77 bits per heavy atom. The molecule has 0 unspecified atom stereocenters. The zero-order chi connectivity index (χ0) is 18.4. The molecular formula is C18H21N3O3S2. The third kappa shape index (κ3) is 4.57. The molecule has 26 heavy (non-hydrogen) atoms. The largest absolute Gasteiger partial charge is 0.271 e. The van der Waals surface area contributed by atoms with E-state index in [2.05, 4.69) is 10.5 Å². The Hall–Kier alpha value is -2.03. The summed E-state index contributed by atoms with van der Waals surface area (Å²) in [6.45, 7) is 1.12. The van der Waals surface area contributed by atoms with Gasteiger partial charge in [-0.05, 0) is 48.6 Å². The van der Waals surface area contributed by atoms with Gasteiger partial charge in [-0.15, -0.1) is 11.3 Å². The van der Waals surface area contributed by atoms with Crippen LogP contribution in [0.5, 0.6) is 0 Å². The number of hydrogen-bond donors (Lipinski definition) is 1. The van der Waals surface area contributed by atoms with Crippen molar-refractivity contribution in [1.29, 1.82) is 0 Å². The summed E-state index contributed by atoms with van der Waals surface area (Å²) in [5.41, 5.74) is 2.81. The summed E-state index contributed by atoms with van der Waals surface area (Å²) in [5.74, 6) is -0.378. The third-order valence-electron chi connectivity index (χ3n) is 4.22. The average Bonchev–Trinajstić information content (AvgIpc) is 3.00. The van der Waals surface area contributed by atoms with Crippen LogP contribution in [0.25, 0.3) is 0 Å². The summed E-state index contributed by atoms with van der Waals surface area (Å²) >= 11 is 1.52. The molecule has 1 aromatic heterocycles. The first kappa shape index (κ1) is 18.8. The minimum atomic E-state index is -3.50. The molecule has 1 N–H and O–H groups in total. The lowest BCUT2D eigenvalue weighted by atomic mass is 10.2. The van der Waals surface area contributed by atoms with Gasteiger partial charge in [0.15, 0.2) is 0 Å². The van der Waals surface area contributed by atoms with E-state index >= 15 is 0 Å². The minimum Gasteiger partial charge on any atom is -0.267 e. The highest BCUT2D eigenvalue weighted by molar-refractivity contribution is 7.89. The van der Waals surface area contributed by atoms with E-state index in [1.54, 1.807) is 10.5 Å². The van der Waals surface area contributed by atoms with E-state index < -0.39 is 10.0 Å². The summed E-state index contributed by atoms with van der Waals surface area (Å²) in [7, 11) is -3.50. The van der Waals surface area contributed by atoms with Gasteiger partial charge in [0.05, 0.1) is 11.1 Å². The smallest absolute Gasteiger partial charge is 0.267 e. The number of thiophene rings is 1. The molecule has 6 nitrogen and oxygen atoms in total. The van der Waals surface area contributed by atoms with Crippen LogP contribution in [0.2, 0.25) is 0 Å². The second kappa shape index (κ2) is 8.57. The van der Waals surface area contributed by atoms with Crippen molar-refractivity contribution < 1.29 is 13.2 Å². The molecule has 1 saturated heterocycles. The van der Waals surface area contributed by atoms with Crippen molar-refractivity contribution in [3.8, 4) is 0 Å². The monoisotopic (exact) mass is 391 g/mol. The highest BCUT2D eigenvalue weighted by atomic mass is 32.2. The van der Waals surface area contributed by atoms with Crippen LogP contribution in [0.3, 0.4) is 0 Å². The van der Waals surface area contributed by atoms with Crippen molar-refractivity contribution in [2.45, 2.75) is 30.6 Å². The fourth-order valence-corrected chi connectivity index (χ4v) is 4.90. The SMILES string of the molecule is O=C(N/N=C/c1cccs1)c1ccc(S(=O)(=O)N2CCCCCC2)cc1. The van der Waals surface area contributed by atoms with Crippen molar-refractivity contribution >= 4 is 33.5 Å². The average molecular weight is 392 g/mol. The molecule has 1 aliphatic rings. The van der Waals surface area contributed by atoms with E-state index in [-0.39, 0.29) is 10.8 Å². The quantitative estimate of drug-likeness (QED) is 0.628. The molecule has 0 bridgehead atoms. The highest BCUT2D eigenvalue weighted by Crippen LogP contribution is 2.20. The van der Waals surface area contributed by atoms with Crippen LogP contribution in [0.4, 0.5) is 0 Å². The van der Waals surface area contributed by atoms with Gasteiger partial charge in [0.25, 0.3) is 5.91 Å². The van der Waals surface area contributed by atoms with Gasteiger partial charge in [0.1, 0.15) is 0 Å². The first-order valence-electron chi connectivity index (χ1n) is 8.54. The minimum absolute atomic E-state index is 0.220. The molecule has 1 fully saturated rings. The van der Waals surface area contributed by atoms with Gasteiger partial charge in [-0.25, -0.2) is 13.8 Å². The van der Waals surface area contributed by atoms with Gasteiger partial charge in [-0.1, -0.05) is 18.9 Å². The number of hydrazone groups is 1. The van der Waals surface area contributed by atoms with Gasteiger partial charge in [-0.3, -0.25) is 4.79 Å². The second-order valence-corrected chi connectivity index (χ2v) is 8.97. The van der Waals surface area contributed by atoms with Crippen molar-refractivity contribution in [3.63, 3.8) is 0 Å². The summed E-state index contributed by atoms with van der Waals surface area (Å²) in [4.78, 5) is 13.3. The number of nitrogens with zero attached hydrogens (tertiary/aromatic N) is 2. The first-order valence-corrected chi connectivity index (χ1v) is 10.9. The van der Waals surface area contributed by atoms with Crippen molar-refractivity contribution in [1.82, 2.24) is 9.73 Å². The maximum absolute atomic E-state index is 12.7. The molecule has 8 heteroatoms. The fourth-order valence-electron chi connectivity index (χ4n) is 2.79. The topological polar surface area (TPSA) is 78.8 Å². The standard InChI is InChI=1S/C18H21N3O3S2/c22-18(20-19-14-16-6-5-13-25-16)15-7-9-17(10-8-15)26(23,24)21-11-3-1-2-4-12-21/h5-10,13-14H,1-4,11-12H2,(H,20,22)/b19-14+. The van der Waals surface area contributed by atoms with E-state index in [1.165, 1.54) is 35.6 Å². The van der Waals surface area contributed by atoms with Gasteiger partial charge < -0.3 is 0 Å². The van der Waals surface area contributed by atoms with E-state index in [1.807, 2.05) is 17.5 Å². The zero-order valence-electron chi connectivity index (χ0n) is 14.3. The predicted octanol–water partition coefficient (Wildman–Crippen LogP) is 3.08. The number of carbonyl (C=O) groups is 1. The van der Waals surface area contributed by atoms with Crippen molar-refractivity contribution in [3.05, 3.63) is 52.2 Å². The normalized spacial score (nSPS) is 16.5. The van der Waals surface area contributed by atoms with Crippen LogP contribution in [0.1, 0.15) is 40.9 Å². The molecule has 0 atom stereocenters. The Bertz CT molecular complexity index is 852. The van der Waals surface area contributed by atoms with Crippen LogP contribution in [0, 0.1) is 0 Å². The summed E-state index contributed by atoms with van der Waals surface area (Å²) in [6, 6.07) is 9.79. The summed E-state index contributed by atoms with van der Waals surface area (Å²) in [5, 5.41) is 5.83. The number of benzene rings is 1. The molecular weight excluding hydrogens is 370 g/mol. The molecule has 1 amide bonds. The Kier molecular flexibility index (Phi) is 6.18. The van der Waals surface area contributed by atoms with Crippen LogP contribution >= 0.6 is 11.3 Å². The predicted molar refractivity (Wildman–Crippen MR) is 103 cm³/mol. The Morgan fingerprint density at radius 3 is 2.38 bits per heavy atom. The lowest BCUT2D eigenvalue weighted by Gasteiger charge is -2.19. The maximum Gasteiger partial charge on any atom is 0.271 e. The molecule has 138 valence electrons. The number of carbonyl (C=O) groups excluding carboxylic acids is 1. The van der Waals surface area contributed by atoms with Gasteiger partial charge in [-0.2, -0.15) is 9.41 Å². The molecule has 2 heterocycles. The molecule has 1 aromatic carbocycles. The molecule has 3 rings (SSSR count). The van der Waals surface area contributed by atoms with Crippen LogP contribution in [-0.2, 0) is 10.0 Å². The fraction of sp³-hybridized carbons (Fsp3) is 0.333. The molecule has 0 spiro atoms. The van der Waals surface area contributed by atoms with Crippen molar-refractivity contribution in [2.24, 2.45) is 5.10 Å². The van der Waals surface area contributed by atoms with Gasteiger partial charge in [0.2, 0.25) is 10.0 Å². The molecule has 0 aliphatic carbocycles. The second-order valence-electron chi connectivity index (χ2n) is 6.06. The number of hydrogen-bond acceptors (Lipinski definition) is 5. The Labute approximate surface area is 157 Å². The molecule has 0 radical (unpaired) electrons. The number of rotatable bonds is 5. The highest BCUT2D eigenvalue weighted by Gasteiger charge is 2.25. The molecule has 0 saturated carbocycles. The van der Waals surface area contributed by atoms with Crippen molar-refractivity contribution in [2.75, 3.05) is 13.1 Å². The first-order chi connectivity index (χ1) is 12.6. The number of sulfonamides is 1. The van der Waals surface area contributed by atoms with Crippen LogP contribution in [-0.4, -0.2) is 37.9 Å². The Balaban J connectivity index is 1.66. The van der Waals surface area contributed by atoms with E-state index in [0.717, 1.165) is 30.6 Å². The van der Waals surface area contributed by atoms with E-state index in [0.29, 0.717) is 18.7 Å². The number of amides is 1. The zero-order valence-corrected chi connectivity index (χ0v) is 15.9. The van der Waals surface area contributed by atoms with Crippen LogP contribution in [0.15, 0.2) is 51.8 Å². The maximum atomic E-state index is 12.7. The Morgan fingerprint density at radius 1 is 1.08 bits per heavy atom. The van der Waals surface area contributed by atoms with E-state index in [9.17, 15) is 13.2 Å². The summed E-state index contributed by atoms with van der Waals surface area (Å²) < 4.78 is 27.0.